The predicted octanol–water partition coefficient (Wildman–Crippen LogP) is -2.24. The molecule has 1 aromatic rings. The van der Waals surface area contributed by atoms with Crippen molar-refractivity contribution in [3.05, 3.63) is 35.9 Å². The molecule has 0 saturated heterocycles. The highest BCUT2D eigenvalue weighted by atomic mass is 31.2. The molecule has 22 heavy (non-hydrogen) atoms. The van der Waals surface area contributed by atoms with Crippen LogP contribution < -0.4 is 15.9 Å². The maximum Gasteiger partial charge on any atom is 0.201 e. The molecule has 0 saturated carbocycles. The fourth-order valence-electron chi connectivity index (χ4n) is 2.02. The van der Waals surface area contributed by atoms with Crippen LogP contribution in [0.5, 0.6) is 0 Å². The minimum absolute atomic E-state index is 0.0661. The summed E-state index contributed by atoms with van der Waals surface area (Å²) in [5.41, 5.74) is 2.83. The summed E-state index contributed by atoms with van der Waals surface area (Å²) in [4.78, 5) is 31.4. The van der Waals surface area contributed by atoms with Crippen molar-refractivity contribution in [3.8, 4) is 0 Å². The molecule has 0 fully saturated rings. The number of hydrogen-bond acceptors (Lipinski definition) is 5. The van der Waals surface area contributed by atoms with Crippen LogP contribution in [-0.4, -0.2) is 34.7 Å². The first-order chi connectivity index (χ1) is 10.1. The first-order valence-electron chi connectivity index (χ1n) is 6.76. The average molecular weight is 328 g/mol. The molecular weight excluding hydrogens is 309 g/mol. The first-order valence-corrected chi connectivity index (χ1v) is 8.79. The lowest BCUT2D eigenvalue weighted by Crippen LogP contribution is -2.80. The van der Waals surface area contributed by atoms with Crippen molar-refractivity contribution in [3.63, 3.8) is 0 Å². The SMILES string of the molecule is [NH3+][C@@](CCP(=O)(O)CCC(=O)[O-])(Cc1ccccc1)C(=O)[O-]. The van der Waals surface area contributed by atoms with E-state index in [2.05, 4.69) is 5.73 Å². The van der Waals surface area contributed by atoms with E-state index in [9.17, 15) is 29.3 Å². The van der Waals surface area contributed by atoms with Crippen LogP contribution in [0.4, 0.5) is 0 Å². The van der Waals surface area contributed by atoms with Crippen molar-refractivity contribution in [2.45, 2.75) is 24.8 Å². The van der Waals surface area contributed by atoms with E-state index in [1.54, 1.807) is 30.3 Å². The summed E-state index contributed by atoms with van der Waals surface area (Å²) in [6.07, 6.45) is -1.42. The Kier molecular flexibility index (Phi) is 6.29. The van der Waals surface area contributed by atoms with E-state index < -0.39 is 37.4 Å². The third-order valence-corrected chi connectivity index (χ3v) is 5.27. The monoisotopic (exact) mass is 328 g/mol. The van der Waals surface area contributed by atoms with Gasteiger partial charge in [-0.1, -0.05) is 30.3 Å². The number of carboxylic acids is 2. The van der Waals surface area contributed by atoms with Crippen LogP contribution >= 0.6 is 7.37 Å². The largest absolute Gasteiger partial charge is 0.550 e. The third-order valence-electron chi connectivity index (χ3n) is 3.42. The Balaban J connectivity index is 2.73. The zero-order chi connectivity index (χ0) is 16.8. The van der Waals surface area contributed by atoms with Gasteiger partial charge in [-0.2, -0.15) is 0 Å². The number of rotatable bonds is 9. The van der Waals surface area contributed by atoms with E-state index in [0.29, 0.717) is 0 Å². The molecule has 0 heterocycles. The second kappa shape index (κ2) is 7.54. The van der Waals surface area contributed by atoms with E-state index in [1.807, 2.05) is 0 Å². The van der Waals surface area contributed by atoms with Gasteiger partial charge in [0.2, 0.25) is 7.37 Å². The lowest BCUT2D eigenvalue weighted by molar-refractivity contribution is -0.486. The second-order valence-corrected chi connectivity index (χ2v) is 7.98. The van der Waals surface area contributed by atoms with Crippen LogP contribution in [0.2, 0.25) is 0 Å². The molecule has 0 bridgehead atoms. The quantitative estimate of drug-likeness (QED) is 0.490. The normalized spacial score (nSPS) is 16.5. The van der Waals surface area contributed by atoms with Crippen molar-refractivity contribution in [2.24, 2.45) is 0 Å². The standard InChI is InChI=1S/C14H20NO6P/c15-14(13(18)19,10-11-4-2-1-3-5-11)7-9-22(20,21)8-6-12(16)17/h1-5H,6-10,15H2,(H,16,17)(H,18,19)(H,20,21)/p-1/t14-/m0/s1. The summed E-state index contributed by atoms with van der Waals surface area (Å²) in [6, 6.07) is 8.76. The van der Waals surface area contributed by atoms with Gasteiger partial charge in [0.1, 0.15) is 11.5 Å². The van der Waals surface area contributed by atoms with Crippen LogP contribution in [-0.2, 0) is 20.6 Å². The highest BCUT2D eigenvalue weighted by molar-refractivity contribution is 7.58. The van der Waals surface area contributed by atoms with Gasteiger partial charge >= 0.3 is 0 Å². The number of quaternary nitrogens is 1. The van der Waals surface area contributed by atoms with Gasteiger partial charge in [-0.15, -0.1) is 0 Å². The van der Waals surface area contributed by atoms with Gasteiger partial charge in [0.05, 0.1) is 0 Å². The molecule has 0 aliphatic heterocycles. The number of aliphatic carboxylic acids is 2. The zero-order valence-corrected chi connectivity index (χ0v) is 13.0. The molecule has 0 amide bonds. The fraction of sp³-hybridized carbons (Fsp3) is 0.429. The van der Waals surface area contributed by atoms with E-state index in [4.69, 9.17) is 0 Å². The van der Waals surface area contributed by atoms with Gasteiger partial charge < -0.3 is 30.4 Å². The van der Waals surface area contributed by atoms with Crippen LogP contribution in [0, 0.1) is 0 Å². The summed E-state index contributed by atoms with van der Waals surface area (Å²) in [7, 11) is -3.74. The number of benzene rings is 1. The van der Waals surface area contributed by atoms with E-state index in [1.165, 1.54) is 0 Å². The highest BCUT2D eigenvalue weighted by Crippen LogP contribution is 2.42. The number of hydrogen-bond donors (Lipinski definition) is 2. The number of carbonyl (C=O) groups excluding carboxylic acids is 2. The molecule has 122 valence electrons. The summed E-state index contributed by atoms with van der Waals surface area (Å²) in [5.74, 6) is -2.82. The minimum Gasteiger partial charge on any atom is -0.550 e. The Morgan fingerprint density at radius 3 is 2.27 bits per heavy atom. The molecule has 0 aliphatic rings. The Labute approximate surface area is 128 Å². The lowest BCUT2D eigenvalue weighted by Gasteiger charge is -2.28. The maximum absolute atomic E-state index is 11.9. The smallest absolute Gasteiger partial charge is 0.201 e. The maximum atomic E-state index is 11.9. The molecule has 8 heteroatoms. The van der Waals surface area contributed by atoms with Crippen LogP contribution in [0.3, 0.4) is 0 Å². The Hall–Kier alpha value is -1.69. The number of carboxylic acid groups (broad SMARTS) is 2. The highest BCUT2D eigenvalue weighted by Gasteiger charge is 2.34. The van der Waals surface area contributed by atoms with Gasteiger partial charge in [-0.25, -0.2) is 0 Å². The second-order valence-electron chi connectivity index (χ2n) is 5.40. The fourth-order valence-corrected chi connectivity index (χ4v) is 3.55. The molecule has 4 N–H and O–H groups in total. The molecular formula is C14H19NO6P-. The van der Waals surface area contributed by atoms with Crippen molar-refractivity contribution < 1.29 is 35.0 Å². The molecule has 1 aromatic carbocycles. The molecule has 1 rings (SSSR count). The molecule has 7 nitrogen and oxygen atoms in total. The topological polar surface area (TPSA) is 145 Å². The van der Waals surface area contributed by atoms with Gasteiger partial charge in [0.25, 0.3) is 0 Å². The van der Waals surface area contributed by atoms with E-state index >= 15 is 0 Å². The van der Waals surface area contributed by atoms with Crippen LogP contribution in [0.15, 0.2) is 30.3 Å². The molecule has 1 unspecified atom stereocenters. The summed E-state index contributed by atoms with van der Waals surface area (Å²) in [6.45, 7) is 0. The van der Waals surface area contributed by atoms with Gasteiger partial charge in [0.15, 0.2) is 0 Å². The Morgan fingerprint density at radius 2 is 1.77 bits per heavy atom. The van der Waals surface area contributed by atoms with Crippen LogP contribution in [0.1, 0.15) is 18.4 Å². The Morgan fingerprint density at radius 1 is 1.18 bits per heavy atom. The summed E-state index contributed by atoms with van der Waals surface area (Å²) >= 11 is 0. The minimum atomic E-state index is -3.74. The molecule has 0 radical (unpaired) electrons. The molecule has 0 aliphatic carbocycles. The van der Waals surface area contributed by atoms with Gasteiger partial charge in [-0.05, 0) is 12.0 Å². The zero-order valence-electron chi connectivity index (χ0n) is 12.1. The van der Waals surface area contributed by atoms with Crippen molar-refractivity contribution in [1.29, 1.82) is 0 Å². The van der Waals surface area contributed by atoms with Gasteiger partial charge in [-0.3, -0.25) is 4.57 Å². The summed E-state index contributed by atoms with van der Waals surface area (Å²) in [5, 5.41) is 21.7. The average Bonchev–Trinajstić information content (AvgIpc) is 2.44. The first kappa shape index (κ1) is 18.4. The Bertz CT molecular complexity index is 576. The van der Waals surface area contributed by atoms with Gasteiger partial charge in [0, 0.05) is 31.1 Å². The van der Waals surface area contributed by atoms with Crippen molar-refractivity contribution >= 4 is 19.3 Å². The van der Waals surface area contributed by atoms with Crippen molar-refractivity contribution in [1.82, 2.24) is 0 Å². The lowest BCUT2D eigenvalue weighted by atomic mass is 9.89. The molecule has 0 spiro atoms. The van der Waals surface area contributed by atoms with E-state index in [-0.39, 0.29) is 19.0 Å². The summed E-state index contributed by atoms with van der Waals surface area (Å²) < 4.78 is 11.9. The molecule has 0 aromatic heterocycles. The number of carbonyl (C=O) groups is 2. The molecule has 2 atom stereocenters. The van der Waals surface area contributed by atoms with Crippen molar-refractivity contribution in [2.75, 3.05) is 12.3 Å². The van der Waals surface area contributed by atoms with E-state index in [0.717, 1.165) is 5.56 Å². The van der Waals surface area contributed by atoms with Crippen LogP contribution in [0.25, 0.3) is 0 Å². The third kappa shape index (κ3) is 5.97. The predicted molar refractivity (Wildman–Crippen MR) is 74.6 cm³/mol.